The Labute approximate surface area is 198 Å². The van der Waals surface area contributed by atoms with E-state index in [1.54, 1.807) is 4.90 Å². The Bertz CT molecular complexity index is 1290. The van der Waals surface area contributed by atoms with Crippen molar-refractivity contribution in [1.29, 1.82) is 5.26 Å². The van der Waals surface area contributed by atoms with Crippen LogP contribution in [0.2, 0.25) is 0 Å². The fraction of sp³-hybridized carbons (Fsp3) is 0.318. The van der Waals surface area contributed by atoms with Crippen LogP contribution in [-0.2, 0) is 22.6 Å². The van der Waals surface area contributed by atoms with E-state index in [-0.39, 0.29) is 16.8 Å². The van der Waals surface area contributed by atoms with Gasteiger partial charge in [0.25, 0.3) is 0 Å². The Kier molecular flexibility index (Phi) is 6.67. The number of H-pyrrole nitrogens is 1. The number of para-hydroxylation sites is 1. The van der Waals surface area contributed by atoms with Gasteiger partial charge in [-0.3, -0.25) is 14.1 Å². The van der Waals surface area contributed by atoms with Gasteiger partial charge >= 0.3 is 10.7 Å². The maximum atomic E-state index is 13.1. The normalized spacial score (nSPS) is 13.8. The van der Waals surface area contributed by atoms with Gasteiger partial charge in [-0.1, -0.05) is 25.1 Å². The molecule has 1 aromatic carbocycles. The molecular formula is C22H22N5O4S2+. The Morgan fingerprint density at radius 2 is 2.15 bits per heavy atom. The van der Waals surface area contributed by atoms with Crippen LogP contribution < -0.4 is 15.6 Å². The number of nitrogens with one attached hydrogen (secondary N) is 2. The summed E-state index contributed by atoms with van der Waals surface area (Å²) in [5.74, 6) is -0.320. The van der Waals surface area contributed by atoms with E-state index in [9.17, 15) is 19.6 Å². The third-order valence-electron chi connectivity index (χ3n) is 5.39. The van der Waals surface area contributed by atoms with Crippen LogP contribution >= 0.6 is 23.1 Å². The lowest BCUT2D eigenvalue weighted by Gasteiger charge is -2.25. The van der Waals surface area contributed by atoms with Crippen molar-refractivity contribution in [3.63, 3.8) is 0 Å². The van der Waals surface area contributed by atoms with Crippen molar-refractivity contribution in [2.45, 2.75) is 43.5 Å². The molecule has 2 N–H and O–H groups in total. The number of hydrogen-bond acceptors (Lipinski definition) is 7. The molecule has 1 atom stereocenters. The maximum absolute atomic E-state index is 13.1. The summed E-state index contributed by atoms with van der Waals surface area (Å²) in [6.45, 7) is 4.37. The summed E-state index contributed by atoms with van der Waals surface area (Å²) >= 11 is 2.43. The van der Waals surface area contributed by atoms with Gasteiger partial charge in [-0.25, -0.2) is 4.79 Å². The van der Waals surface area contributed by atoms with Crippen LogP contribution in [0, 0.1) is 11.3 Å². The SMILES string of the molecule is CCC(Sc1c(=O)o[nH][n+]1-c1ccccc1)C(=O)Nc1sc2c(c1C#N)CCN(C(C)=O)C2. The number of fused-ring (bicyclic) bond motifs is 1. The number of aromatic nitrogens is 2. The van der Waals surface area contributed by atoms with Gasteiger partial charge in [0.1, 0.15) is 11.1 Å². The second kappa shape index (κ2) is 9.64. The molecule has 0 radical (unpaired) electrons. The van der Waals surface area contributed by atoms with Crippen LogP contribution in [0.15, 0.2) is 44.7 Å². The summed E-state index contributed by atoms with van der Waals surface area (Å²) in [7, 11) is 0. The number of aromatic amines is 1. The zero-order chi connectivity index (χ0) is 23.5. The molecule has 0 aliphatic carbocycles. The van der Waals surface area contributed by atoms with Crippen molar-refractivity contribution in [3.8, 4) is 11.8 Å². The number of nitrogens with zero attached hydrogens (tertiary/aromatic N) is 3. The summed E-state index contributed by atoms with van der Waals surface area (Å²) in [6, 6.07) is 11.4. The number of carbonyl (C=O) groups excluding carboxylic acids is 2. The number of hydrogen-bond donors (Lipinski definition) is 2. The molecule has 4 rings (SSSR count). The van der Waals surface area contributed by atoms with E-state index in [1.165, 1.54) is 22.9 Å². The monoisotopic (exact) mass is 484 g/mol. The summed E-state index contributed by atoms with van der Waals surface area (Å²) in [4.78, 5) is 39.8. The molecule has 0 spiro atoms. The highest BCUT2D eigenvalue weighted by molar-refractivity contribution is 8.00. The van der Waals surface area contributed by atoms with E-state index in [1.807, 2.05) is 37.3 Å². The standard InChI is InChI=1S/C22H21N5O4S2/c1-3-17(33-21-22(30)31-25-27(21)14-7-5-4-6-8-14)19(29)24-20-16(11-23)15-9-10-26(13(2)28)12-18(15)32-20/h4-8,17H,3,9-10,12H2,1-2H3,(H-,24,25,29,30)/p+1. The lowest BCUT2D eigenvalue weighted by Crippen LogP contribution is -2.37. The van der Waals surface area contributed by atoms with Crippen molar-refractivity contribution < 1.29 is 18.8 Å². The fourth-order valence-corrected chi connectivity index (χ4v) is 5.84. The van der Waals surface area contributed by atoms with Crippen LogP contribution in [0.4, 0.5) is 5.00 Å². The van der Waals surface area contributed by atoms with Crippen LogP contribution in [-0.4, -0.2) is 33.8 Å². The van der Waals surface area contributed by atoms with Crippen molar-refractivity contribution >= 4 is 39.9 Å². The minimum absolute atomic E-state index is 0.0161. The topological polar surface area (TPSA) is 123 Å². The predicted molar refractivity (Wildman–Crippen MR) is 123 cm³/mol. The summed E-state index contributed by atoms with van der Waals surface area (Å²) in [5, 5.41) is 15.3. The lowest BCUT2D eigenvalue weighted by atomic mass is 10.0. The first-order chi connectivity index (χ1) is 15.9. The molecule has 0 saturated heterocycles. The largest absolute Gasteiger partial charge is 0.442 e. The molecule has 0 bridgehead atoms. The van der Waals surface area contributed by atoms with E-state index in [0.717, 1.165) is 22.2 Å². The molecule has 3 heterocycles. The third-order valence-corrected chi connectivity index (χ3v) is 7.93. The van der Waals surface area contributed by atoms with E-state index in [2.05, 4.69) is 16.7 Å². The zero-order valence-electron chi connectivity index (χ0n) is 18.1. The van der Waals surface area contributed by atoms with Gasteiger partial charge in [0.05, 0.1) is 17.4 Å². The molecule has 2 aromatic heterocycles. The Morgan fingerprint density at radius 3 is 2.82 bits per heavy atom. The zero-order valence-corrected chi connectivity index (χ0v) is 19.7. The number of nitriles is 1. The van der Waals surface area contributed by atoms with E-state index < -0.39 is 10.9 Å². The molecule has 33 heavy (non-hydrogen) atoms. The molecule has 1 aliphatic heterocycles. The number of amides is 2. The van der Waals surface area contributed by atoms with Crippen molar-refractivity contribution in [1.82, 2.24) is 10.2 Å². The average Bonchev–Trinajstić information content (AvgIpc) is 3.36. The van der Waals surface area contributed by atoms with Crippen LogP contribution in [0.25, 0.3) is 5.69 Å². The molecule has 11 heteroatoms. The second-order valence-corrected chi connectivity index (χ2v) is 9.77. The fourth-order valence-electron chi connectivity index (χ4n) is 3.64. The Balaban J connectivity index is 1.56. The van der Waals surface area contributed by atoms with Gasteiger partial charge in [-0.2, -0.15) is 5.26 Å². The van der Waals surface area contributed by atoms with Gasteiger partial charge in [0.2, 0.25) is 17.5 Å². The number of carbonyl (C=O) groups is 2. The molecule has 0 saturated carbocycles. The summed E-state index contributed by atoms with van der Waals surface area (Å²) < 4.78 is 6.47. The first-order valence-corrected chi connectivity index (χ1v) is 12.1. The minimum atomic E-state index is -0.585. The van der Waals surface area contributed by atoms with E-state index in [4.69, 9.17) is 4.52 Å². The first kappa shape index (κ1) is 22.8. The van der Waals surface area contributed by atoms with E-state index >= 15 is 0 Å². The average molecular weight is 485 g/mol. The van der Waals surface area contributed by atoms with Crippen LogP contribution in [0.3, 0.4) is 0 Å². The second-order valence-electron chi connectivity index (χ2n) is 7.47. The number of benzene rings is 1. The van der Waals surface area contributed by atoms with E-state index in [0.29, 0.717) is 42.2 Å². The smallest absolute Gasteiger partial charge is 0.337 e. The van der Waals surface area contributed by atoms with Gasteiger partial charge in [-0.15, -0.1) is 11.3 Å². The number of anilines is 1. The third kappa shape index (κ3) is 4.58. The molecule has 1 unspecified atom stereocenters. The molecular weight excluding hydrogens is 462 g/mol. The van der Waals surface area contributed by atoms with Crippen LogP contribution in [0.1, 0.15) is 36.3 Å². The van der Waals surface area contributed by atoms with Crippen molar-refractivity contribution in [2.75, 3.05) is 11.9 Å². The lowest BCUT2D eigenvalue weighted by molar-refractivity contribution is -0.704. The highest BCUT2D eigenvalue weighted by Gasteiger charge is 2.32. The highest BCUT2D eigenvalue weighted by Crippen LogP contribution is 2.37. The number of thiophene rings is 1. The van der Waals surface area contributed by atoms with Crippen molar-refractivity contribution in [2.24, 2.45) is 0 Å². The molecule has 2 amide bonds. The van der Waals surface area contributed by atoms with Gasteiger partial charge in [-0.05, 0) is 40.1 Å². The molecule has 9 nitrogen and oxygen atoms in total. The first-order valence-electron chi connectivity index (χ1n) is 10.4. The summed E-state index contributed by atoms with van der Waals surface area (Å²) in [5.41, 5.74) is 1.48. The Hall–Kier alpha value is -3.36. The Morgan fingerprint density at radius 1 is 1.39 bits per heavy atom. The van der Waals surface area contributed by atoms with Gasteiger partial charge in [0, 0.05) is 30.5 Å². The quantitative estimate of drug-likeness (QED) is 0.410. The molecule has 0 fully saturated rings. The highest BCUT2D eigenvalue weighted by atomic mass is 32.2. The number of thioether (sulfide) groups is 1. The maximum Gasteiger partial charge on any atom is 0.442 e. The van der Waals surface area contributed by atoms with Gasteiger partial charge in [0.15, 0.2) is 0 Å². The molecule has 1 aliphatic rings. The predicted octanol–water partition coefficient (Wildman–Crippen LogP) is 2.59. The minimum Gasteiger partial charge on any atom is -0.337 e. The molecule has 170 valence electrons. The number of rotatable bonds is 6. The summed E-state index contributed by atoms with van der Waals surface area (Å²) in [6.07, 6.45) is 1.04. The van der Waals surface area contributed by atoms with Crippen LogP contribution in [0.5, 0.6) is 0 Å². The van der Waals surface area contributed by atoms with Gasteiger partial charge < -0.3 is 10.2 Å². The molecule has 3 aromatic rings. The van der Waals surface area contributed by atoms with Crippen molar-refractivity contribution in [3.05, 3.63) is 56.8 Å².